The van der Waals surface area contributed by atoms with E-state index in [1.807, 2.05) is 41.8 Å². The first-order valence-electron chi connectivity index (χ1n) is 11.4. The molecule has 3 atom stereocenters. The molecule has 1 aromatic heterocycles. The van der Waals surface area contributed by atoms with Crippen LogP contribution < -0.4 is 5.32 Å². The SMILES string of the molecule is CCCCCc1ccc(C(=O)NC(Cc2cccs2)C(=O)N2CCC3OCC(=O)C32)cc1. The number of thiophene rings is 1. The van der Waals surface area contributed by atoms with Gasteiger partial charge in [-0.05, 0) is 48.4 Å². The van der Waals surface area contributed by atoms with Gasteiger partial charge in [-0.2, -0.15) is 0 Å². The molecule has 2 aliphatic rings. The molecule has 2 aromatic rings. The smallest absolute Gasteiger partial charge is 0.251 e. The van der Waals surface area contributed by atoms with Crippen LogP contribution in [-0.4, -0.2) is 53.8 Å². The number of nitrogens with one attached hydrogen (secondary N) is 1. The number of ketones is 1. The van der Waals surface area contributed by atoms with Crippen molar-refractivity contribution in [3.8, 4) is 0 Å². The largest absolute Gasteiger partial charge is 0.368 e. The Kier molecular flexibility index (Phi) is 7.37. The third kappa shape index (κ3) is 5.10. The second-order valence-electron chi connectivity index (χ2n) is 8.54. The molecule has 0 spiro atoms. The molecule has 4 rings (SSSR count). The fraction of sp³-hybridized carbons (Fsp3) is 0.480. The molecule has 3 unspecified atom stereocenters. The second kappa shape index (κ2) is 10.4. The van der Waals surface area contributed by atoms with Gasteiger partial charge < -0.3 is 15.0 Å². The normalized spacial score (nSPS) is 20.9. The number of fused-ring (bicyclic) bond motifs is 1. The Balaban J connectivity index is 1.46. The number of benzene rings is 1. The Morgan fingerprint density at radius 2 is 2.03 bits per heavy atom. The van der Waals surface area contributed by atoms with Crippen molar-refractivity contribution in [1.29, 1.82) is 0 Å². The van der Waals surface area contributed by atoms with Crippen LogP contribution in [0.5, 0.6) is 0 Å². The number of unbranched alkanes of at least 4 members (excludes halogenated alkanes) is 2. The number of aryl methyl sites for hydroxylation is 1. The quantitative estimate of drug-likeness (QED) is 0.590. The van der Waals surface area contributed by atoms with Crippen molar-refractivity contribution in [2.75, 3.05) is 13.2 Å². The lowest BCUT2D eigenvalue weighted by Gasteiger charge is -2.27. The summed E-state index contributed by atoms with van der Waals surface area (Å²) < 4.78 is 5.52. The molecule has 32 heavy (non-hydrogen) atoms. The molecule has 0 radical (unpaired) electrons. The average molecular weight is 455 g/mol. The van der Waals surface area contributed by atoms with Crippen LogP contribution in [0.3, 0.4) is 0 Å². The first kappa shape index (κ1) is 22.7. The van der Waals surface area contributed by atoms with Crippen LogP contribution in [0.1, 0.15) is 53.4 Å². The van der Waals surface area contributed by atoms with Gasteiger partial charge in [0.2, 0.25) is 5.91 Å². The van der Waals surface area contributed by atoms with Crippen LogP contribution in [0.2, 0.25) is 0 Å². The lowest BCUT2D eigenvalue weighted by atomic mass is 10.0. The fourth-order valence-electron chi connectivity index (χ4n) is 4.52. The molecular formula is C25H30N2O4S. The van der Waals surface area contributed by atoms with E-state index < -0.39 is 12.1 Å². The lowest BCUT2D eigenvalue weighted by molar-refractivity contribution is -0.138. The lowest BCUT2D eigenvalue weighted by Crippen LogP contribution is -2.53. The van der Waals surface area contributed by atoms with Crippen LogP contribution >= 0.6 is 11.3 Å². The molecule has 2 saturated heterocycles. The van der Waals surface area contributed by atoms with E-state index in [-0.39, 0.29) is 30.3 Å². The molecule has 2 fully saturated rings. The van der Waals surface area contributed by atoms with E-state index in [1.165, 1.54) is 18.4 Å². The van der Waals surface area contributed by atoms with E-state index in [0.717, 1.165) is 17.7 Å². The van der Waals surface area contributed by atoms with E-state index in [4.69, 9.17) is 4.74 Å². The topological polar surface area (TPSA) is 75.7 Å². The van der Waals surface area contributed by atoms with E-state index >= 15 is 0 Å². The first-order valence-corrected chi connectivity index (χ1v) is 12.3. The Hall–Kier alpha value is -2.51. The molecule has 2 aliphatic heterocycles. The van der Waals surface area contributed by atoms with Crippen molar-refractivity contribution >= 4 is 28.9 Å². The summed E-state index contributed by atoms with van der Waals surface area (Å²) in [6.45, 7) is 2.72. The summed E-state index contributed by atoms with van der Waals surface area (Å²) >= 11 is 1.55. The maximum atomic E-state index is 13.4. The monoisotopic (exact) mass is 454 g/mol. The zero-order valence-electron chi connectivity index (χ0n) is 18.4. The molecule has 0 saturated carbocycles. The summed E-state index contributed by atoms with van der Waals surface area (Å²) in [6.07, 6.45) is 5.35. The number of hydrogen-bond acceptors (Lipinski definition) is 5. The van der Waals surface area contributed by atoms with E-state index in [2.05, 4.69) is 12.2 Å². The zero-order valence-corrected chi connectivity index (χ0v) is 19.2. The van der Waals surface area contributed by atoms with Crippen molar-refractivity contribution in [3.05, 3.63) is 57.8 Å². The minimum atomic E-state index is -0.725. The summed E-state index contributed by atoms with van der Waals surface area (Å²) in [5, 5.41) is 4.89. The Morgan fingerprint density at radius 1 is 1.22 bits per heavy atom. The first-order chi connectivity index (χ1) is 15.6. The molecule has 7 heteroatoms. The standard InChI is InChI=1S/C25H30N2O4S/c1-2-3-4-6-17-8-10-18(11-9-17)24(29)26-20(15-19-7-5-14-32-19)25(30)27-13-12-22-23(27)21(28)16-31-22/h5,7-11,14,20,22-23H,2-4,6,12-13,15-16H2,1H3,(H,26,29). The average Bonchev–Trinajstić information content (AvgIpc) is 3.53. The highest BCUT2D eigenvalue weighted by Crippen LogP contribution is 2.28. The molecule has 1 aromatic carbocycles. The predicted molar refractivity (Wildman–Crippen MR) is 124 cm³/mol. The van der Waals surface area contributed by atoms with Gasteiger partial charge >= 0.3 is 0 Å². The third-order valence-electron chi connectivity index (χ3n) is 6.27. The number of ether oxygens (including phenoxy) is 1. The van der Waals surface area contributed by atoms with Gasteiger partial charge in [-0.15, -0.1) is 11.3 Å². The van der Waals surface area contributed by atoms with E-state index in [1.54, 1.807) is 16.2 Å². The molecular weight excluding hydrogens is 424 g/mol. The van der Waals surface area contributed by atoms with Gasteiger partial charge in [0, 0.05) is 23.4 Å². The van der Waals surface area contributed by atoms with Crippen molar-refractivity contribution in [2.24, 2.45) is 0 Å². The minimum Gasteiger partial charge on any atom is -0.368 e. The number of rotatable bonds is 9. The number of likely N-dealkylation sites (tertiary alicyclic amines) is 1. The summed E-state index contributed by atoms with van der Waals surface area (Å²) in [5.74, 6) is -0.542. The summed E-state index contributed by atoms with van der Waals surface area (Å²) in [4.78, 5) is 41.3. The van der Waals surface area contributed by atoms with Crippen LogP contribution in [-0.2, 0) is 27.2 Å². The minimum absolute atomic E-state index is 0.0549. The number of carbonyl (C=O) groups is 3. The molecule has 0 bridgehead atoms. The van der Waals surface area contributed by atoms with Crippen LogP contribution in [0.25, 0.3) is 0 Å². The van der Waals surface area contributed by atoms with Crippen molar-refractivity contribution < 1.29 is 19.1 Å². The Labute approximate surface area is 192 Å². The predicted octanol–water partition coefficient (Wildman–Crippen LogP) is 3.39. The van der Waals surface area contributed by atoms with E-state index in [0.29, 0.717) is 24.9 Å². The highest BCUT2D eigenvalue weighted by atomic mass is 32.1. The van der Waals surface area contributed by atoms with Gasteiger partial charge in [0.05, 0.1) is 6.10 Å². The van der Waals surface area contributed by atoms with Gasteiger partial charge in [0.25, 0.3) is 5.91 Å². The van der Waals surface area contributed by atoms with Crippen molar-refractivity contribution in [2.45, 2.75) is 63.6 Å². The van der Waals surface area contributed by atoms with E-state index in [9.17, 15) is 14.4 Å². The summed E-state index contributed by atoms with van der Waals surface area (Å²) in [7, 11) is 0. The van der Waals surface area contributed by atoms with Crippen molar-refractivity contribution in [1.82, 2.24) is 10.2 Å². The number of amides is 2. The second-order valence-corrected chi connectivity index (χ2v) is 9.58. The number of hydrogen-bond donors (Lipinski definition) is 1. The fourth-order valence-corrected chi connectivity index (χ4v) is 5.27. The molecule has 6 nitrogen and oxygen atoms in total. The molecule has 3 heterocycles. The molecule has 0 aliphatic carbocycles. The number of Topliss-reactive ketones (excluding diaryl/α,β-unsaturated/α-hetero) is 1. The third-order valence-corrected chi connectivity index (χ3v) is 7.17. The number of nitrogens with zero attached hydrogens (tertiary/aromatic N) is 1. The maximum absolute atomic E-state index is 13.4. The Morgan fingerprint density at radius 3 is 2.75 bits per heavy atom. The summed E-state index contributed by atoms with van der Waals surface area (Å²) in [6, 6.07) is 10.3. The van der Waals surface area contributed by atoms with Gasteiger partial charge in [-0.25, -0.2) is 0 Å². The Bertz CT molecular complexity index is 941. The van der Waals surface area contributed by atoms with Gasteiger partial charge in [-0.1, -0.05) is 38.0 Å². The molecule has 2 amide bonds. The van der Waals surface area contributed by atoms with Crippen LogP contribution in [0.4, 0.5) is 0 Å². The molecule has 170 valence electrons. The highest BCUT2D eigenvalue weighted by molar-refractivity contribution is 7.09. The molecule has 1 N–H and O–H groups in total. The van der Waals surface area contributed by atoms with Gasteiger partial charge in [0.15, 0.2) is 5.78 Å². The van der Waals surface area contributed by atoms with Crippen LogP contribution in [0, 0.1) is 0 Å². The van der Waals surface area contributed by atoms with Crippen molar-refractivity contribution in [3.63, 3.8) is 0 Å². The highest BCUT2D eigenvalue weighted by Gasteiger charge is 2.48. The maximum Gasteiger partial charge on any atom is 0.251 e. The van der Waals surface area contributed by atoms with Crippen LogP contribution in [0.15, 0.2) is 41.8 Å². The van der Waals surface area contributed by atoms with Gasteiger partial charge in [-0.3, -0.25) is 14.4 Å². The van der Waals surface area contributed by atoms with Gasteiger partial charge in [0.1, 0.15) is 18.7 Å². The number of carbonyl (C=O) groups excluding carboxylic acids is 3. The summed E-state index contributed by atoms with van der Waals surface area (Å²) in [5.41, 5.74) is 1.75. The zero-order chi connectivity index (χ0) is 22.5.